The number of carbonyl (C=O) groups excluding carboxylic acids is 1. The quantitative estimate of drug-likeness (QED) is 0.891. The van der Waals surface area contributed by atoms with E-state index in [1.54, 1.807) is 0 Å². The molecule has 5 nitrogen and oxygen atoms in total. The van der Waals surface area contributed by atoms with E-state index < -0.39 is 17.5 Å². The van der Waals surface area contributed by atoms with E-state index in [4.69, 9.17) is 0 Å². The number of carbonyl (C=O) groups is 1. The van der Waals surface area contributed by atoms with Gasteiger partial charge in [-0.15, -0.1) is 0 Å². The molecule has 22 heavy (non-hydrogen) atoms. The van der Waals surface area contributed by atoms with Gasteiger partial charge in [-0.3, -0.25) is 4.79 Å². The van der Waals surface area contributed by atoms with E-state index in [-0.39, 0.29) is 11.4 Å². The fourth-order valence-electron chi connectivity index (χ4n) is 1.63. The number of nitrogens with zero attached hydrogens (tertiary/aromatic N) is 2. The molecule has 1 aromatic heterocycles. The van der Waals surface area contributed by atoms with Crippen LogP contribution in [-0.4, -0.2) is 22.4 Å². The first-order valence-corrected chi connectivity index (χ1v) is 6.79. The molecular weight excluding hydrogens is 290 g/mol. The van der Waals surface area contributed by atoms with Crippen LogP contribution in [0.25, 0.3) is 0 Å². The third-order valence-electron chi connectivity index (χ3n) is 2.73. The van der Waals surface area contributed by atoms with Crippen molar-refractivity contribution >= 4 is 17.5 Å². The smallest absolute Gasteiger partial charge is 0.274 e. The Hall–Kier alpha value is -2.57. The van der Waals surface area contributed by atoms with Gasteiger partial charge < -0.3 is 10.6 Å². The highest BCUT2D eigenvalue weighted by molar-refractivity contribution is 6.02. The molecule has 2 aromatic rings. The highest BCUT2D eigenvalue weighted by atomic mass is 19.2. The topological polar surface area (TPSA) is 66.9 Å². The van der Waals surface area contributed by atoms with Gasteiger partial charge >= 0.3 is 0 Å². The summed E-state index contributed by atoms with van der Waals surface area (Å²) in [5.41, 5.74) is 0.283. The number of aromatic nitrogens is 2. The van der Waals surface area contributed by atoms with Gasteiger partial charge in [0.25, 0.3) is 5.91 Å². The Morgan fingerprint density at radius 1 is 1.23 bits per heavy atom. The van der Waals surface area contributed by atoms with Crippen molar-refractivity contribution in [2.45, 2.75) is 13.8 Å². The summed E-state index contributed by atoms with van der Waals surface area (Å²) in [7, 11) is 0. The summed E-state index contributed by atoms with van der Waals surface area (Å²) in [5, 5.41) is 5.46. The average molecular weight is 306 g/mol. The van der Waals surface area contributed by atoms with Gasteiger partial charge in [-0.25, -0.2) is 18.7 Å². The lowest BCUT2D eigenvalue weighted by molar-refractivity contribution is 0.102. The Kier molecular flexibility index (Phi) is 4.98. The molecule has 1 aromatic carbocycles. The molecule has 0 radical (unpaired) electrons. The monoisotopic (exact) mass is 306 g/mol. The largest absolute Gasteiger partial charge is 0.354 e. The maximum atomic E-state index is 13.1. The summed E-state index contributed by atoms with van der Waals surface area (Å²) < 4.78 is 26.0. The van der Waals surface area contributed by atoms with Crippen molar-refractivity contribution in [2.75, 3.05) is 17.2 Å². The second-order valence-electron chi connectivity index (χ2n) is 5.12. The van der Waals surface area contributed by atoms with Crippen molar-refractivity contribution in [1.29, 1.82) is 0 Å². The molecule has 2 rings (SSSR count). The van der Waals surface area contributed by atoms with E-state index in [1.165, 1.54) is 18.3 Å². The van der Waals surface area contributed by atoms with Crippen LogP contribution >= 0.6 is 0 Å². The van der Waals surface area contributed by atoms with Crippen LogP contribution in [0.2, 0.25) is 0 Å². The Morgan fingerprint density at radius 3 is 2.68 bits per heavy atom. The fourth-order valence-corrected chi connectivity index (χ4v) is 1.63. The number of nitrogens with one attached hydrogen (secondary N) is 2. The van der Waals surface area contributed by atoms with Gasteiger partial charge in [0, 0.05) is 24.5 Å². The van der Waals surface area contributed by atoms with Crippen molar-refractivity contribution in [3.63, 3.8) is 0 Å². The molecule has 0 spiro atoms. The number of halogens is 2. The molecule has 1 heterocycles. The fraction of sp³-hybridized carbons (Fsp3) is 0.267. The Labute approximate surface area is 126 Å². The van der Waals surface area contributed by atoms with Crippen LogP contribution in [0.15, 0.2) is 30.5 Å². The van der Waals surface area contributed by atoms with Crippen LogP contribution in [0.5, 0.6) is 0 Å². The molecule has 0 aliphatic heterocycles. The number of hydrogen-bond acceptors (Lipinski definition) is 4. The van der Waals surface area contributed by atoms with Gasteiger partial charge in [-0.05, 0) is 24.1 Å². The minimum Gasteiger partial charge on any atom is -0.354 e. The molecular formula is C15H16F2N4O. The Morgan fingerprint density at radius 2 is 2.00 bits per heavy atom. The van der Waals surface area contributed by atoms with E-state index in [1.807, 2.05) is 13.8 Å². The minimum absolute atomic E-state index is 0.131. The first-order chi connectivity index (χ1) is 10.5. The van der Waals surface area contributed by atoms with Crippen LogP contribution in [0.1, 0.15) is 24.3 Å². The van der Waals surface area contributed by atoms with E-state index in [0.717, 1.165) is 12.1 Å². The number of amides is 1. The average Bonchev–Trinajstić information content (AvgIpc) is 2.49. The van der Waals surface area contributed by atoms with Crippen molar-refractivity contribution in [3.05, 3.63) is 47.8 Å². The van der Waals surface area contributed by atoms with Gasteiger partial charge in [0.2, 0.25) is 5.95 Å². The van der Waals surface area contributed by atoms with Crippen LogP contribution in [0.4, 0.5) is 20.4 Å². The molecule has 7 heteroatoms. The van der Waals surface area contributed by atoms with Crippen molar-refractivity contribution in [3.8, 4) is 0 Å². The minimum atomic E-state index is -1.03. The lowest BCUT2D eigenvalue weighted by atomic mass is 10.2. The lowest BCUT2D eigenvalue weighted by Gasteiger charge is -2.09. The van der Waals surface area contributed by atoms with Crippen LogP contribution in [-0.2, 0) is 0 Å². The molecule has 0 bridgehead atoms. The summed E-state index contributed by atoms with van der Waals surface area (Å²) in [4.78, 5) is 20.1. The number of rotatable bonds is 5. The Bertz CT molecular complexity index is 676. The van der Waals surface area contributed by atoms with Gasteiger partial charge in [0.15, 0.2) is 11.6 Å². The molecule has 2 N–H and O–H groups in total. The zero-order chi connectivity index (χ0) is 16.1. The van der Waals surface area contributed by atoms with Gasteiger partial charge in [-0.2, -0.15) is 0 Å². The second-order valence-corrected chi connectivity index (χ2v) is 5.12. The summed E-state index contributed by atoms with van der Waals surface area (Å²) in [6.45, 7) is 4.74. The zero-order valence-corrected chi connectivity index (χ0v) is 12.2. The standard InChI is InChI=1S/C15H16F2N4O/c1-9(2)8-19-15-18-6-5-13(21-15)14(22)20-10-3-4-11(16)12(17)7-10/h3-7,9H,8H2,1-2H3,(H,20,22)(H,18,19,21). The normalized spacial score (nSPS) is 10.6. The van der Waals surface area contributed by atoms with Gasteiger partial charge in [0.1, 0.15) is 5.69 Å². The molecule has 0 fully saturated rings. The molecule has 1 amide bonds. The highest BCUT2D eigenvalue weighted by Gasteiger charge is 2.11. The third-order valence-corrected chi connectivity index (χ3v) is 2.73. The Balaban J connectivity index is 2.08. The number of hydrogen-bond donors (Lipinski definition) is 2. The van der Waals surface area contributed by atoms with E-state index in [2.05, 4.69) is 20.6 Å². The summed E-state index contributed by atoms with van der Waals surface area (Å²) in [5.74, 6) is -1.78. The molecule has 0 atom stereocenters. The molecule has 0 unspecified atom stereocenters. The van der Waals surface area contributed by atoms with Gasteiger partial charge in [0.05, 0.1) is 0 Å². The third kappa shape index (κ3) is 4.21. The molecule has 0 saturated heterocycles. The van der Waals surface area contributed by atoms with E-state index in [9.17, 15) is 13.6 Å². The zero-order valence-electron chi connectivity index (χ0n) is 12.2. The van der Waals surface area contributed by atoms with E-state index >= 15 is 0 Å². The molecule has 0 aliphatic rings. The summed E-state index contributed by atoms with van der Waals surface area (Å²) in [6, 6.07) is 4.57. The van der Waals surface area contributed by atoms with Crippen molar-refractivity contribution < 1.29 is 13.6 Å². The predicted molar refractivity (Wildman–Crippen MR) is 79.7 cm³/mol. The van der Waals surface area contributed by atoms with E-state index in [0.29, 0.717) is 18.4 Å². The molecule has 116 valence electrons. The number of benzene rings is 1. The maximum Gasteiger partial charge on any atom is 0.274 e. The SMILES string of the molecule is CC(C)CNc1nccc(C(=O)Nc2ccc(F)c(F)c2)n1. The maximum absolute atomic E-state index is 13.1. The van der Waals surface area contributed by atoms with Gasteiger partial charge in [-0.1, -0.05) is 13.8 Å². The number of anilines is 2. The second kappa shape index (κ2) is 6.93. The molecule has 0 saturated carbocycles. The van der Waals surface area contributed by atoms with Crippen LogP contribution in [0.3, 0.4) is 0 Å². The first kappa shape index (κ1) is 15.8. The van der Waals surface area contributed by atoms with Crippen molar-refractivity contribution in [1.82, 2.24) is 9.97 Å². The summed E-state index contributed by atoms with van der Waals surface area (Å²) in [6.07, 6.45) is 1.45. The summed E-state index contributed by atoms with van der Waals surface area (Å²) >= 11 is 0. The van der Waals surface area contributed by atoms with Crippen LogP contribution < -0.4 is 10.6 Å². The highest BCUT2D eigenvalue weighted by Crippen LogP contribution is 2.14. The van der Waals surface area contributed by atoms with Crippen molar-refractivity contribution in [2.24, 2.45) is 5.92 Å². The molecule has 0 aliphatic carbocycles. The first-order valence-electron chi connectivity index (χ1n) is 6.79. The lowest BCUT2D eigenvalue weighted by Crippen LogP contribution is -2.16. The predicted octanol–water partition coefficient (Wildman–Crippen LogP) is 3.08. The van der Waals surface area contributed by atoms with Crippen LogP contribution in [0, 0.1) is 17.6 Å².